The van der Waals surface area contributed by atoms with Crippen molar-refractivity contribution in [3.05, 3.63) is 70.0 Å². The average molecular weight is 449 g/mol. The lowest BCUT2D eigenvalue weighted by molar-refractivity contribution is -0.141. The Kier molecular flexibility index (Phi) is 7.33. The van der Waals surface area contributed by atoms with Crippen LogP contribution in [0.15, 0.2) is 53.9 Å². The summed E-state index contributed by atoms with van der Waals surface area (Å²) in [6, 6.07) is 12.4. The maximum absolute atomic E-state index is 12.7. The predicted molar refractivity (Wildman–Crippen MR) is 113 cm³/mol. The van der Waals surface area contributed by atoms with Gasteiger partial charge in [-0.05, 0) is 42.7 Å². The molecule has 0 amide bonds. The third kappa shape index (κ3) is 6.55. The zero-order chi connectivity index (χ0) is 22.4. The monoisotopic (exact) mass is 449 g/mol. The summed E-state index contributed by atoms with van der Waals surface area (Å²) in [6.07, 6.45) is -2.42. The van der Waals surface area contributed by atoms with Gasteiger partial charge in [0.2, 0.25) is 0 Å². The Hall–Kier alpha value is -2.87. The van der Waals surface area contributed by atoms with Crippen LogP contribution in [0.4, 0.5) is 13.2 Å². The number of carbonyl (C=O) groups is 1. The van der Waals surface area contributed by atoms with Crippen LogP contribution < -0.4 is 4.74 Å². The predicted octanol–water partition coefficient (Wildman–Crippen LogP) is 6.10. The van der Waals surface area contributed by atoms with Crippen molar-refractivity contribution in [2.24, 2.45) is 5.92 Å². The van der Waals surface area contributed by atoms with Gasteiger partial charge in [0.05, 0.1) is 28.8 Å². The van der Waals surface area contributed by atoms with E-state index in [0.29, 0.717) is 30.7 Å². The summed E-state index contributed by atoms with van der Waals surface area (Å²) in [4.78, 5) is 15.4. The quantitative estimate of drug-likeness (QED) is 0.401. The Balaban J connectivity index is 1.45. The van der Waals surface area contributed by atoms with Gasteiger partial charge in [-0.25, -0.2) is 4.98 Å². The molecule has 1 aromatic heterocycles. The van der Waals surface area contributed by atoms with Crippen molar-refractivity contribution < 1.29 is 27.8 Å². The molecule has 3 aromatic rings. The fraction of sp³-hybridized carbons (Fsp3) is 0.304. The van der Waals surface area contributed by atoms with Crippen molar-refractivity contribution in [2.45, 2.75) is 32.4 Å². The lowest BCUT2D eigenvalue weighted by Crippen LogP contribution is -2.12. The summed E-state index contributed by atoms with van der Waals surface area (Å²) < 4.78 is 43.7. The molecule has 0 bridgehead atoms. The summed E-state index contributed by atoms with van der Waals surface area (Å²) >= 11 is 1.47. The zero-order valence-electron chi connectivity index (χ0n) is 16.9. The maximum Gasteiger partial charge on any atom is 0.416 e. The molecule has 1 unspecified atom stereocenters. The first-order valence-corrected chi connectivity index (χ1v) is 10.7. The van der Waals surface area contributed by atoms with Crippen molar-refractivity contribution in [3.8, 4) is 17.0 Å². The molecule has 3 rings (SSSR count). The van der Waals surface area contributed by atoms with Crippen molar-refractivity contribution in [1.82, 2.24) is 4.98 Å². The minimum absolute atomic E-state index is 0.433. The molecule has 4 nitrogen and oxygen atoms in total. The molecule has 0 aliphatic rings. The number of aryl methyl sites for hydroxylation is 1. The van der Waals surface area contributed by atoms with E-state index in [9.17, 15) is 18.0 Å². The number of aromatic nitrogens is 1. The molecule has 8 heteroatoms. The smallest absolute Gasteiger partial charge is 0.416 e. The van der Waals surface area contributed by atoms with Crippen molar-refractivity contribution in [2.75, 3.05) is 6.61 Å². The van der Waals surface area contributed by atoms with Crippen molar-refractivity contribution >= 4 is 17.3 Å². The Labute approximate surface area is 182 Å². The first-order chi connectivity index (χ1) is 14.7. The van der Waals surface area contributed by atoms with Crippen LogP contribution in [-0.4, -0.2) is 22.7 Å². The molecule has 0 spiro atoms. The molecule has 0 aliphatic heterocycles. The van der Waals surface area contributed by atoms with E-state index in [1.165, 1.54) is 23.5 Å². The van der Waals surface area contributed by atoms with Gasteiger partial charge in [-0.1, -0.05) is 31.2 Å². The molecule has 1 N–H and O–H groups in total. The molecule has 0 aliphatic carbocycles. The SMILES string of the molecule is CC(Cc1ccc(OCCCc2nc(-c3ccc(C(F)(F)F)cc3)cs2)cc1)C(=O)O. The molecule has 1 atom stereocenters. The molecular weight excluding hydrogens is 427 g/mol. The molecule has 31 heavy (non-hydrogen) atoms. The van der Waals surface area contributed by atoms with Gasteiger partial charge in [-0.2, -0.15) is 13.2 Å². The summed E-state index contributed by atoms with van der Waals surface area (Å²) in [5.74, 6) is -0.530. The number of benzene rings is 2. The summed E-state index contributed by atoms with van der Waals surface area (Å²) in [5, 5.41) is 11.7. The first kappa shape index (κ1) is 22.8. The molecule has 0 saturated carbocycles. The Morgan fingerprint density at radius 3 is 2.42 bits per heavy atom. The Morgan fingerprint density at radius 2 is 1.81 bits per heavy atom. The molecule has 1 heterocycles. The van der Waals surface area contributed by atoms with E-state index in [1.807, 2.05) is 29.6 Å². The number of thiazole rings is 1. The number of hydrogen-bond donors (Lipinski definition) is 1. The highest BCUT2D eigenvalue weighted by Crippen LogP contribution is 2.31. The van der Waals surface area contributed by atoms with Crippen molar-refractivity contribution in [3.63, 3.8) is 0 Å². The van der Waals surface area contributed by atoms with Crippen molar-refractivity contribution in [1.29, 1.82) is 0 Å². The number of hydrogen-bond acceptors (Lipinski definition) is 4. The highest BCUT2D eigenvalue weighted by Gasteiger charge is 2.30. The molecule has 164 valence electrons. The summed E-state index contributed by atoms with van der Waals surface area (Å²) in [7, 11) is 0. The molecule has 0 radical (unpaired) electrons. The van der Waals surface area contributed by atoms with E-state index >= 15 is 0 Å². The van der Waals surface area contributed by atoms with E-state index in [0.717, 1.165) is 34.9 Å². The van der Waals surface area contributed by atoms with E-state index < -0.39 is 23.6 Å². The van der Waals surface area contributed by atoms with Gasteiger partial charge in [-0.15, -0.1) is 11.3 Å². The minimum atomic E-state index is -4.34. The fourth-order valence-corrected chi connectivity index (χ4v) is 3.81. The van der Waals surface area contributed by atoms with Crippen LogP contribution in [0.1, 0.15) is 29.5 Å². The van der Waals surface area contributed by atoms with E-state index in [2.05, 4.69) is 4.98 Å². The lowest BCUT2D eigenvalue weighted by Gasteiger charge is -2.08. The van der Waals surface area contributed by atoms with Crippen LogP contribution in [0.3, 0.4) is 0 Å². The maximum atomic E-state index is 12.7. The summed E-state index contributed by atoms with van der Waals surface area (Å²) in [6.45, 7) is 2.18. The molecule has 0 fully saturated rings. The van der Waals surface area contributed by atoms with E-state index in [4.69, 9.17) is 9.84 Å². The van der Waals surface area contributed by atoms with E-state index in [-0.39, 0.29) is 0 Å². The second-order valence-electron chi connectivity index (χ2n) is 7.24. The number of aliphatic carboxylic acids is 1. The zero-order valence-corrected chi connectivity index (χ0v) is 17.7. The third-order valence-electron chi connectivity index (χ3n) is 4.75. The van der Waals surface area contributed by atoms with Crippen LogP contribution in [0.25, 0.3) is 11.3 Å². The standard InChI is InChI=1S/C23H22F3NO3S/c1-15(22(28)29)13-16-4-10-19(11-5-16)30-12-2-3-21-27-20(14-31-21)17-6-8-18(9-7-17)23(24,25)26/h4-11,14-15H,2-3,12-13H2,1H3,(H,28,29). The number of halogens is 3. The van der Waals surface area contributed by atoms with Crippen LogP contribution in [-0.2, 0) is 23.8 Å². The number of nitrogens with zero attached hydrogens (tertiary/aromatic N) is 1. The topological polar surface area (TPSA) is 59.4 Å². The van der Waals surface area contributed by atoms with Gasteiger partial charge in [0.1, 0.15) is 5.75 Å². The fourth-order valence-electron chi connectivity index (χ4n) is 2.96. The number of carboxylic acids is 1. The molecular formula is C23H22F3NO3S. The van der Waals surface area contributed by atoms with Gasteiger partial charge in [0.25, 0.3) is 0 Å². The van der Waals surface area contributed by atoms with Crippen LogP contribution in [0, 0.1) is 5.92 Å². The Bertz CT molecular complexity index is 998. The molecule has 2 aromatic carbocycles. The number of ether oxygens (including phenoxy) is 1. The van der Waals surface area contributed by atoms with Gasteiger partial charge in [0.15, 0.2) is 0 Å². The highest BCUT2D eigenvalue weighted by molar-refractivity contribution is 7.09. The number of rotatable bonds is 9. The average Bonchev–Trinajstić information content (AvgIpc) is 3.21. The third-order valence-corrected chi connectivity index (χ3v) is 5.66. The second kappa shape index (κ2) is 9.96. The van der Waals surface area contributed by atoms with Gasteiger partial charge >= 0.3 is 12.1 Å². The number of alkyl halides is 3. The summed E-state index contributed by atoms with van der Waals surface area (Å²) in [5.41, 5.74) is 1.60. The lowest BCUT2D eigenvalue weighted by atomic mass is 10.0. The first-order valence-electron chi connectivity index (χ1n) is 9.79. The van der Waals surface area contributed by atoms with Crippen LogP contribution >= 0.6 is 11.3 Å². The van der Waals surface area contributed by atoms with Crippen LogP contribution in [0.2, 0.25) is 0 Å². The van der Waals surface area contributed by atoms with Gasteiger partial charge in [0, 0.05) is 17.4 Å². The Morgan fingerprint density at radius 1 is 1.13 bits per heavy atom. The normalized spacial score (nSPS) is 12.5. The largest absolute Gasteiger partial charge is 0.494 e. The second-order valence-corrected chi connectivity index (χ2v) is 8.18. The van der Waals surface area contributed by atoms with E-state index in [1.54, 1.807) is 6.92 Å². The number of carboxylic acid groups (broad SMARTS) is 1. The highest BCUT2D eigenvalue weighted by atomic mass is 32.1. The van der Waals surface area contributed by atoms with Gasteiger partial charge < -0.3 is 9.84 Å². The van der Waals surface area contributed by atoms with Crippen LogP contribution in [0.5, 0.6) is 5.75 Å². The minimum Gasteiger partial charge on any atom is -0.494 e. The molecule has 0 saturated heterocycles. The van der Waals surface area contributed by atoms with Gasteiger partial charge in [-0.3, -0.25) is 4.79 Å².